The first-order valence-corrected chi connectivity index (χ1v) is 10.9. The van der Waals surface area contributed by atoms with Crippen LogP contribution in [-0.2, 0) is 14.8 Å². The fraction of sp³-hybridized carbons (Fsp3) is 0.250. The van der Waals surface area contributed by atoms with Crippen LogP contribution in [-0.4, -0.2) is 41.9 Å². The summed E-state index contributed by atoms with van der Waals surface area (Å²) in [6.07, 6.45) is 1.20. The normalized spacial score (nSPS) is 17.5. The lowest BCUT2D eigenvalue weighted by molar-refractivity contribution is -0.120. The number of H-pyrrole nitrogens is 1. The summed E-state index contributed by atoms with van der Waals surface area (Å²) in [4.78, 5) is 26.6. The van der Waals surface area contributed by atoms with Crippen molar-refractivity contribution in [3.63, 3.8) is 0 Å². The first-order chi connectivity index (χ1) is 14.4. The summed E-state index contributed by atoms with van der Waals surface area (Å²) in [7, 11) is -3.64. The van der Waals surface area contributed by atoms with Gasteiger partial charge in [-0.15, -0.1) is 0 Å². The van der Waals surface area contributed by atoms with Gasteiger partial charge in [-0.3, -0.25) is 14.3 Å². The Morgan fingerprint density at radius 1 is 1.17 bits per heavy atom. The first-order valence-electron chi connectivity index (χ1n) is 9.46. The lowest BCUT2D eigenvalue weighted by Gasteiger charge is -2.31. The number of hydrogen-bond acceptors (Lipinski definition) is 6. The Morgan fingerprint density at radius 3 is 2.70 bits per heavy atom. The third-order valence-electron chi connectivity index (χ3n) is 4.98. The van der Waals surface area contributed by atoms with Crippen molar-refractivity contribution >= 4 is 21.6 Å². The fourth-order valence-corrected chi connectivity index (χ4v) is 5.00. The molecular formula is C20H20N4O5S. The van der Waals surface area contributed by atoms with E-state index in [1.807, 2.05) is 0 Å². The molecule has 2 N–H and O–H groups in total. The number of benzene rings is 2. The highest BCUT2D eigenvalue weighted by Crippen LogP contribution is 2.25. The second-order valence-electron chi connectivity index (χ2n) is 7.03. The Hall–Kier alpha value is -3.24. The molecule has 156 valence electrons. The van der Waals surface area contributed by atoms with E-state index in [4.69, 9.17) is 0 Å². The van der Waals surface area contributed by atoms with Crippen molar-refractivity contribution in [3.8, 4) is 11.4 Å². The molecule has 1 unspecified atom stereocenters. The summed E-state index contributed by atoms with van der Waals surface area (Å²) in [6.45, 7) is 0.509. The van der Waals surface area contributed by atoms with Crippen LogP contribution < -0.4 is 11.1 Å². The van der Waals surface area contributed by atoms with Crippen LogP contribution >= 0.6 is 0 Å². The molecule has 0 spiro atoms. The van der Waals surface area contributed by atoms with Crippen LogP contribution in [0.3, 0.4) is 0 Å². The Kier molecular flexibility index (Phi) is 5.51. The van der Waals surface area contributed by atoms with E-state index in [0.29, 0.717) is 30.6 Å². The number of hydrogen-bond donors (Lipinski definition) is 2. The van der Waals surface area contributed by atoms with Crippen LogP contribution in [0.2, 0.25) is 0 Å². The zero-order valence-electron chi connectivity index (χ0n) is 15.9. The molecule has 0 bridgehead atoms. The maximum Gasteiger partial charge on any atom is 0.439 e. The molecule has 1 aromatic heterocycles. The summed E-state index contributed by atoms with van der Waals surface area (Å²) in [5.74, 6) is -1.13. The molecule has 1 atom stereocenters. The summed E-state index contributed by atoms with van der Waals surface area (Å²) in [5.41, 5.74) is 1.10. The fourth-order valence-electron chi connectivity index (χ4n) is 3.46. The minimum absolute atomic E-state index is 0.124. The molecule has 30 heavy (non-hydrogen) atoms. The van der Waals surface area contributed by atoms with Gasteiger partial charge >= 0.3 is 5.76 Å². The van der Waals surface area contributed by atoms with Gasteiger partial charge in [-0.1, -0.05) is 35.5 Å². The number of carbonyl (C=O) groups is 1. The Labute approximate surface area is 172 Å². The van der Waals surface area contributed by atoms with Crippen LogP contribution in [0, 0.1) is 5.92 Å². The highest BCUT2D eigenvalue weighted by molar-refractivity contribution is 7.89. The third-order valence-corrected chi connectivity index (χ3v) is 6.86. The van der Waals surface area contributed by atoms with Crippen molar-refractivity contribution in [2.45, 2.75) is 17.7 Å². The Morgan fingerprint density at radius 2 is 1.97 bits per heavy atom. The quantitative estimate of drug-likeness (QED) is 0.641. The molecule has 0 aliphatic carbocycles. The number of carbonyl (C=O) groups excluding carboxylic acids is 1. The number of nitrogens with one attached hydrogen (secondary N) is 2. The van der Waals surface area contributed by atoms with Crippen molar-refractivity contribution < 1.29 is 17.7 Å². The molecule has 2 heterocycles. The number of rotatable bonds is 5. The molecule has 0 radical (unpaired) electrons. The van der Waals surface area contributed by atoms with E-state index in [1.165, 1.54) is 4.31 Å². The van der Waals surface area contributed by atoms with Crippen LogP contribution in [0.5, 0.6) is 0 Å². The van der Waals surface area contributed by atoms with Crippen LogP contribution in [0.15, 0.2) is 68.8 Å². The summed E-state index contributed by atoms with van der Waals surface area (Å²) in [5, 5.41) is 6.46. The molecule has 1 fully saturated rings. The Bertz CT molecular complexity index is 1200. The zero-order valence-corrected chi connectivity index (χ0v) is 16.8. The standard InChI is InChI=1S/C20H20N4O5S/c25-19(21-16-8-4-6-14(12-16)18-22-20(26)29-23-18)15-7-5-11-24(13-15)30(27,28)17-9-2-1-3-10-17/h1-4,6,8-10,12,15H,5,7,11,13H2,(H,21,25)(H,22,23,26). The van der Waals surface area contributed by atoms with E-state index in [0.717, 1.165) is 0 Å². The molecule has 1 aliphatic rings. The van der Waals surface area contributed by atoms with E-state index < -0.39 is 21.7 Å². The summed E-state index contributed by atoms with van der Waals surface area (Å²) >= 11 is 0. The number of piperidine rings is 1. The molecule has 1 aliphatic heterocycles. The first kappa shape index (κ1) is 20.0. The van der Waals surface area contributed by atoms with Gasteiger partial charge in [0.15, 0.2) is 5.82 Å². The van der Waals surface area contributed by atoms with Crippen LogP contribution in [0.1, 0.15) is 12.8 Å². The topological polar surface area (TPSA) is 125 Å². The number of aromatic nitrogens is 2. The zero-order chi connectivity index (χ0) is 21.1. The SMILES string of the molecule is O=C(Nc1cccc(-c2noc(=O)[nH]2)c1)C1CCCN(S(=O)(=O)c2ccccc2)C1. The van der Waals surface area contributed by atoms with Crippen molar-refractivity contribution in [2.24, 2.45) is 5.92 Å². The van der Waals surface area contributed by atoms with Gasteiger partial charge in [0.05, 0.1) is 10.8 Å². The van der Waals surface area contributed by atoms with E-state index in [1.54, 1.807) is 54.6 Å². The van der Waals surface area contributed by atoms with Gasteiger partial charge in [0.25, 0.3) is 0 Å². The number of anilines is 1. The largest absolute Gasteiger partial charge is 0.439 e. The molecule has 9 nitrogen and oxygen atoms in total. The van der Waals surface area contributed by atoms with E-state index >= 15 is 0 Å². The van der Waals surface area contributed by atoms with Crippen LogP contribution in [0.25, 0.3) is 11.4 Å². The maximum absolute atomic E-state index is 12.9. The molecular weight excluding hydrogens is 408 g/mol. The molecule has 2 aromatic carbocycles. The Balaban J connectivity index is 1.47. The van der Waals surface area contributed by atoms with Gasteiger partial charge in [0, 0.05) is 24.3 Å². The second-order valence-corrected chi connectivity index (χ2v) is 8.97. The number of amides is 1. The van der Waals surface area contributed by atoms with Crippen molar-refractivity contribution in [2.75, 3.05) is 18.4 Å². The minimum Gasteiger partial charge on any atom is -0.326 e. The van der Waals surface area contributed by atoms with E-state index in [-0.39, 0.29) is 23.2 Å². The summed E-state index contributed by atoms with van der Waals surface area (Å²) in [6, 6.07) is 15.0. The molecule has 1 amide bonds. The lowest BCUT2D eigenvalue weighted by atomic mass is 9.98. The molecule has 4 rings (SSSR count). The highest BCUT2D eigenvalue weighted by atomic mass is 32.2. The predicted octanol–water partition coefficient (Wildman–Crippen LogP) is 2.07. The smallest absolute Gasteiger partial charge is 0.326 e. The number of aromatic amines is 1. The highest BCUT2D eigenvalue weighted by Gasteiger charge is 2.33. The average molecular weight is 428 g/mol. The maximum atomic E-state index is 12.9. The molecule has 3 aromatic rings. The van der Waals surface area contributed by atoms with Gasteiger partial charge in [-0.25, -0.2) is 13.2 Å². The minimum atomic E-state index is -3.64. The average Bonchev–Trinajstić information content (AvgIpc) is 3.21. The second kappa shape index (κ2) is 8.25. The van der Waals surface area contributed by atoms with Gasteiger partial charge in [0.1, 0.15) is 0 Å². The third kappa shape index (κ3) is 4.19. The van der Waals surface area contributed by atoms with Crippen molar-refractivity contribution in [1.29, 1.82) is 0 Å². The summed E-state index contributed by atoms with van der Waals surface area (Å²) < 4.78 is 31.6. The van der Waals surface area contributed by atoms with Crippen molar-refractivity contribution in [1.82, 2.24) is 14.4 Å². The molecule has 1 saturated heterocycles. The molecule has 10 heteroatoms. The molecule has 0 saturated carbocycles. The monoisotopic (exact) mass is 428 g/mol. The predicted molar refractivity (Wildman–Crippen MR) is 109 cm³/mol. The number of sulfonamides is 1. The van der Waals surface area contributed by atoms with Gasteiger partial charge in [-0.2, -0.15) is 4.31 Å². The van der Waals surface area contributed by atoms with Gasteiger partial charge in [-0.05, 0) is 37.1 Å². The van der Waals surface area contributed by atoms with E-state index in [9.17, 15) is 18.0 Å². The van der Waals surface area contributed by atoms with Crippen LogP contribution in [0.4, 0.5) is 5.69 Å². The van der Waals surface area contributed by atoms with Crippen molar-refractivity contribution in [3.05, 3.63) is 65.1 Å². The van der Waals surface area contributed by atoms with Gasteiger partial charge in [0.2, 0.25) is 15.9 Å². The van der Waals surface area contributed by atoms with E-state index in [2.05, 4.69) is 20.0 Å². The number of nitrogens with zero attached hydrogens (tertiary/aromatic N) is 2. The lowest BCUT2D eigenvalue weighted by Crippen LogP contribution is -2.43. The van der Waals surface area contributed by atoms with Gasteiger partial charge < -0.3 is 5.32 Å².